The van der Waals surface area contributed by atoms with Gasteiger partial charge < -0.3 is 5.32 Å². The Morgan fingerprint density at radius 2 is 1.48 bits per heavy atom. The molecular weight excluding hydrogens is 356 g/mol. The first-order chi connectivity index (χ1) is 11.7. The summed E-state index contributed by atoms with van der Waals surface area (Å²) in [5.74, 6) is 0. The minimum atomic E-state index is -3.43. The van der Waals surface area contributed by atoms with Crippen LogP contribution in [0.4, 0.5) is 0 Å². The van der Waals surface area contributed by atoms with Crippen LogP contribution in [0.15, 0.2) is 59.5 Å². The number of halogens is 1. The molecule has 0 amide bonds. The van der Waals surface area contributed by atoms with E-state index in [0.717, 1.165) is 43.5 Å². The molecule has 0 aliphatic carbocycles. The molecule has 0 spiro atoms. The summed E-state index contributed by atoms with van der Waals surface area (Å²) < 4.78 is 28.1. The van der Waals surface area contributed by atoms with Crippen molar-refractivity contribution in [2.75, 3.05) is 13.1 Å². The Bertz CT molecular complexity index is 795. The van der Waals surface area contributed by atoms with Crippen LogP contribution in [0.3, 0.4) is 0 Å². The maximum absolute atomic E-state index is 13.1. The van der Waals surface area contributed by atoms with Crippen molar-refractivity contribution >= 4 is 22.4 Å². The number of rotatable bonds is 3. The van der Waals surface area contributed by atoms with Gasteiger partial charge in [0.05, 0.1) is 4.90 Å². The average Bonchev–Trinajstić information content (AvgIpc) is 2.89. The molecule has 6 heteroatoms. The first kappa shape index (κ1) is 18.4. The van der Waals surface area contributed by atoms with Gasteiger partial charge in [-0.1, -0.05) is 42.5 Å². The molecule has 0 aromatic heterocycles. The SMILES string of the molecule is Cl.O=S(=O)(c1ccc(-c2ccccc2)cc1)N1C2CCNCC1CC2. The molecule has 2 atom stereocenters. The fourth-order valence-electron chi connectivity index (χ4n) is 3.90. The zero-order chi connectivity index (χ0) is 16.6. The van der Waals surface area contributed by atoms with Crippen molar-refractivity contribution in [1.29, 1.82) is 0 Å². The predicted molar refractivity (Wildman–Crippen MR) is 102 cm³/mol. The molecular formula is C19H23ClN2O2S. The first-order valence-corrected chi connectivity index (χ1v) is 10.00. The standard InChI is InChI=1S/C19H22N2O2S.ClH/c22-24(23,21-17-8-9-18(21)14-20-13-12-17)19-10-6-16(7-11-19)15-4-2-1-3-5-15;/h1-7,10-11,17-18,20H,8-9,12-14H2;1H. The Hall–Kier alpha value is -1.40. The second kappa shape index (κ2) is 7.46. The Labute approximate surface area is 155 Å². The molecule has 1 N–H and O–H groups in total. The van der Waals surface area contributed by atoms with Crippen LogP contribution in [0, 0.1) is 0 Å². The van der Waals surface area contributed by atoms with Crippen LogP contribution < -0.4 is 5.32 Å². The molecule has 0 saturated carbocycles. The van der Waals surface area contributed by atoms with Crippen LogP contribution in [0.25, 0.3) is 11.1 Å². The minimum Gasteiger partial charge on any atom is -0.315 e. The third-order valence-electron chi connectivity index (χ3n) is 5.12. The van der Waals surface area contributed by atoms with E-state index in [1.54, 1.807) is 16.4 Å². The molecule has 2 aromatic rings. The van der Waals surface area contributed by atoms with Crippen LogP contribution in [0.5, 0.6) is 0 Å². The maximum atomic E-state index is 13.1. The van der Waals surface area contributed by atoms with E-state index in [2.05, 4.69) is 5.32 Å². The van der Waals surface area contributed by atoms with Crippen molar-refractivity contribution < 1.29 is 8.42 Å². The van der Waals surface area contributed by atoms with Crippen LogP contribution in [0.2, 0.25) is 0 Å². The largest absolute Gasteiger partial charge is 0.315 e. The number of sulfonamides is 1. The highest BCUT2D eigenvalue weighted by molar-refractivity contribution is 7.89. The van der Waals surface area contributed by atoms with Gasteiger partial charge in [0.1, 0.15) is 0 Å². The molecule has 2 saturated heterocycles. The van der Waals surface area contributed by atoms with Gasteiger partial charge in [-0.05, 0) is 49.1 Å². The van der Waals surface area contributed by atoms with E-state index < -0.39 is 10.0 Å². The van der Waals surface area contributed by atoms with Crippen LogP contribution in [0.1, 0.15) is 19.3 Å². The summed E-state index contributed by atoms with van der Waals surface area (Å²) in [4.78, 5) is 0.404. The summed E-state index contributed by atoms with van der Waals surface area (Å²) in [6.07, 6.45) is 2.84. The summed E-state index contributed by atoms with van der Waals surface area (Å²) in [5.41, 5.74) is 2.13. The van der Waals surface area contributed by atoms with Gasteiger partial charge in [0.25, 0.3) is 0 Å². The number of fused-ring (bicyclic) bond motifs is 2. The third-order valence-corrected chi connectivity index (χ3v) is 7.14. The molecule has 2 fully saturated rings. The van der Waals surface area contributed by atoms with Gasteiger partial charge in [-0.15, -0.1) is 12.4 Å². The summed E-state index contributed by atoms with van der Waals surface area (Å²) in [7, 11) is -3.43. The van der Waals surface area contributed by atoms with E-state index >= 15 is 0 Å². The van der Waals surface area contributed by atoms with Crippen molar-refractivity contribution in [3.05, 3.63) is 54.6 Å². The van der Waals surface area contributed by atoms with E-state index in [4.69, 9.17) is 0 Å². The fourth-order valence-corrected chi connectivity index (χ4v) is 5.80. The van der Waals surface area contributed by atoms with Crippen LogP contribution in [-0.2, 0) is 10.0 Å². The van der Waals surface area contributed by atoms with Crippen molar-refractivity contribution in [3.8, 4) is 11.1 Å². The van der Waals surface area contributed by atoms with Crippen molar-refractivity contribution in [3.63, 3.8) is 0 Å². The second-order valence-electron chi connectivity index (χ2n) is 6.60. The van der Waals surface area contributed by atoms with Gasteiger partial charge in [-0.3, -0.25) is 0 Å². The third kappa shape index (κ3) is 3.47. The van der Waals surface area contributed by atoms with E-state index in [1.165, 1.54) is 0 Å². The Morgan fingerprint density at radius 3 is 2.20 bits per heavy atom. The lowest BCUT2D eigenvalue weighted by atomic mass is 10.1. The monoisotopic (exact) mass is 378 g/mol. The topological polar surface area (TPSA) is 49.4 Å². The maximum Gasteiger partial charge on any atom is 0.243 e. The number of hydrogen-bond donors (Lipinski definition) is 1. The van der Waals surface area contributed by atoms with E-state index in [-0.39, 0.29) is 24.5 Å². The van der Waals surface area contributed by atoms with Gasteiger partial charge in [0.15, 0.2) is 0 Å². The zero-order valence-corrected chi connectivity index (χ0v) is 15.6. The van der Waals surface area contributed by atoms with E-state index in [9.17, 15) is 8.42 Å². The Balaban J connectivity index is 0.00000182. The normalized spacial score (nSPS) is 23.7. The summed E-state index contributed by atoms with van der Waals surface area (Å²) in [6, 6.07) is 17.6. The van der Waals surface area contributed by atoms with E-state index in [1.807, 2.05) is 42.5 Å². The number of nitrogens with one attached hydrogen (secondary N) is 1. The zero-order valence-electron chi connectivity index (χ0n) is 14.0. The lowest BCUT2D eigenvalue weighted by Crippen LogP contribution is -2.42. The van der Waals surface area contributed by atoms with Gasteiger partial charge in [0, 0.05) is 18.6 Å². The molecule has 2 heterocycles. The Kier molecular flexibility index (Phi) is 5.49. The molecule has 4 rings (SSSR count). The number of nitrogens with zero attached hydrogens (tertiary/aromatic N) is 1. The molecule has 2 aromatic carbocycles. The molecule has 2 unspecified atom stereocenters. The Morgan fingerprint density at radius 1 is 0.840 bits per heavy atom. The number of benzene rings is 2. The van der Waals surface area contributed by atoms with Gasteiger partial charge in [0.2, 0.25) is 10.0 Å². The quantitative estimate of drug-likeness (QED) is 0.891. The average molecular weight is 379 g/mol. The lowest BCUT2D eigenvalue weighted by Gasteiger charge is -2.27. The summed E-state index contributed by atoms with van der Waals surface area (Å²) in [6.45, 7) is 1.66. The smallest absolute Gasteiger partial charge is 0.243 e. The second-order valence-corrected chi connectivity index (χ2v) is 8.45. The van der Waals surface area contributed by atoms with Crippen molar-refractivity contribution in [2.24, 2.45) is 0 Å². The molecule has 2 bridgehead atoms. The van der Waals surface area contributed by atoms with Gasteiger partial charge in [-0.2, -0.15) is 4.31 Å². The molecule has 134 valence electrons. The fraction of sp³-hybridized carbons (Fsp3) is 0.368. The summed E-state index contributed by atoms with van der Waals surface area (Å²) >= 11 is 0. The number of hydrogen-bond acceptors (Lipinski definition) is 3. The van der Waals surface area contributed by atoms with E-state index in [0.29, 0.717) is 4.90 Å². The lowest BCUT2D eigenvalue weighted by molar-refractivity contribution is 0.334. The highest BCUT2D eigenvalue weighted by atomic mass is 35.5. The van der Waals surface area contributed by atoms with Gasteiger partial charge in [-0.25, -0.2) is 8.42 Å². The summed E-state index contributed by atoms with van der Waals surface area (Å²) in [5, 5.41) is 3.36. The van der Waals surface area contributed by atoms with Gasteiger partial charge >= 0.3 is 0 Å². The van der Waals surface area contributed by atoms with Crippen molar-refractivity contribution in [1.82, 2.24) is 9.62 Å². The first-order valence-electron chi connectivity index (χ1n) is 8.56. The highest BCUT2D eigenvalue weighted by Gasteiger charge is 2.42. The molecule has 2 aliphatic rings. The highest BCUT2D eigenvalue weighted by Crippen LogP contribution is 2.34. The van der Waals surface area contributed by atoms with Crippen LogP contribution in [-0.4, -0.2) is 37.9 Å². The molecule has 2 aliphatic heterocycles. The molecule has 4 nitrogen and oxygen atoms in total. The van der Waals surface area contributed by atoms with Crippen LogP contribution >= 0.6 is 12.4 Å². The van der Waals surface area contributed by atoms with Crippen molar-refractivity contribution in [2.45, 2.75) is 36.2 Å². The minimum absolute atomic E-state index is 0. The molecule has 25 heavy (non-hydrogen) atoms. The molecule has 0 radical (unpaired) electrons. The predicted octanol–water partition coefficient (Wildman–Crippen LogP) is 3.29.